The molecule has 3 aromatic rings. The number of aromatic nitrogens is 3. The van der Waals surface area contributed by atoms with Crippen LogP contribution in [-0.4, -0.2) is 73.5 Å². The number of amides is 1. The fraction of sp³-hybridized carbons (Fsp3) is 0.429. The third kappa shape index (κ3) is 9.77. The van der Waals surface area contributed by atoms with E-state index in [1.54, 1.807) is 18.2 Å². The first-order valence-corrected chi connectivity index (χ1v) is 13.4. The largest absolute Gasteiger partial charge is 0.377 e. The molecular weight excluding hydrogens is 501 g/mol. The maximum absolute atomic E-state index is 13.5. The summed E-state index contributed by atoms with van der Waals surface area (Å²) in [4.78, 5) is 27.8. The summed E-state index contributed by atoms with van der Waals surface area (Å²) in [5.74, 6) is 1.13. The summed E-state index contributed by atoms with van der Waals surface area (Å²) in [5, 5.41) is 9.22. The minimum absolute atomic E-state index is 0.115. The Morgan fingerprint density at radius 1 is 0.821 bits per heavy atom. The van der Waals surface area contributed by atoms with Crippen molar-refractivity contribution in [3.63, 3.8) is 0 Å². The zero-order valence-electron chi connectivity index (χ0n) is 22.1. The van der Waals surface area contributed by atoms with Crippen molar-refractivity contribution in [1.29, 1.82) is 0 Å². The quantitative estimate of drug-likeness (QED) is 0.251. The number of piperidine rings is 1. The molecule has 0 atom stereocenters. The van der Waals surface area contributed by atoms with E-state index in [1.807, 2.05) is 24.3 Å². The summed E-state index contributed by atoms with van der Waals surface area (Å²) in [6.07, 6.45) is 3.42. The SMILES string of the molecule is O=C(NCCOCCOCCNc1nc(NCc2cccc(F)c2)nc(N2CCCCC2)n1)c1ccccc1. The van der Waals surface area contributed by atoms with E-state index < -0.39 is 0 Å². The molecule has 11 heteroatoms. The van der Waals surface area contributed by atoms with E-state index >= 15 is 0 Å². The van der Waals surface area contributed by atoms with Gasteiger partial charge in [-0.2, -0.15) is 15.0 Å². The van der Waals surface area contributed by atoms with E-state index in [9.17, 15) is 9.18 Å². The van der Waals surface area contributed by atoms with Crippen LogP contribution in [0.25, 0.3) is 0 Å². The number of anilines is 3. The highest BCUT2D eigenvalue weighted by atomic mass is 19.1. The van der Waals surface area contributed by atoms with Gasteiger partial charge in [-0.25, -0.2) is 4.39 Å². The number of nitrogens with one attached hydrogen (secondary N) is 3. The second-order valence-electron chi connectivity index (χ2n) is 9.09. The first-order valence-electron chi connectivity index (χ1n) is 13.4. The topological polar surface area (TPSA) is 114 Å². The molecule has 0 radical (unpaired) electrons. The van der Waals surface area contributed by atoms with E-state index in [2.05, 4.69) is 35.8 Å². The van der Waals surface area contributed by atoms with Crippen molar-refractivity contribution in [1.82, 2.24) is 20.3 Å². The third-order valence-corrected chi connectivity index (χ3v) is 6.07. The number of carbonyl (C=O) groups excluding carboxylic acids is 1. The van der Waals surface area contributed by atoms with Crippen LogP contribution in [0.2, 0.25) is 0 Å². The van der Waals surface area contributed by atoms with Crippen molar-refractivity contribution in [3.05, 3.63) is 71.5 Å². The molecule has 0 bridgehead atoms. The molecule has 1 saturated heterocycles. The van der Waals surface area contributed by atoms with Crippen LogP contribution >= 0.6 is 0 Å². The minimum atomic E-state index is -0.276. The normalized spacial score (nSPS) is 13.2. The van der Waals surface area contributed by atoms with Gasteiger partial charge in [0.1, 0.15) is 5.82 Å². The van der Waals surface area contributed by atoms with Gasteiger partial charge in [0.2, 0.25) is 17.8 Å². The average Bonchev–Trinajstić information content (AvgIpc) is 2.98. The van der Waals surface area contributed by atoms with Crippen LogP contribution in [0.4, 0.5) is 22.2 Å². The Kier molecular flexibility index (Phi) is 11.2. The highest BCUT2D eigenvalue weighted by molar-refractivity contribution is 5.94. The monoisotopic (exact) mass is 537 g/mol. The van der Waals surface area contributed by atoms with Gasteiger partial charge in [-0.1, -0.05) is 30.3 Å². The molecule has 4 rings (SSSR count). The lowest BCUT2D eigenvalue weighted by Gasteiger charge is -2.27. The first-order chi connectivity index (χ1) is 19.2. The van der Waals surface area contributed by atoms with E-state index in [4.69, 9.17) is 9.47 Å². The fourth-order valence-electron chi connectivity index (χ4n) is 4.07. The van der Waals surface area contributed by atoms with Crippen molar-refractivity contribution in [2.75, 3.05) is 68.1 Å². The molecule has 1 aromatic heterocycles. The van der Waals surface area contributed by atoms with E-state index in [-0.39, 0.29) is 11.7 Å². The van der Waals surface area contributed by atoms with E-state index in [1.165, 1.54) is 18.6 Å². The Bertz CT molecular complexity index is 1160. The Morgan fingerprint density at radius 3 is 2.28 bits per heavy atom. The molecule has 1 fully saturated rings. The standard InChI is InChI=1S/C28H36FN7O3/c29-24-11-7-8-22(20-24)21-32-27-33-26(34-28(35-27)36-14-5-2-6-15-36)31-13-17-39-19-18-38-16-12-30-25(37)23-9-3-1-4-10-23/h1,3-4,7-11,20H,2,5-6,12-19,21H2,(H,30,37)(H2,31,32,33,34,35). The van der Waals surface area contributed by atoms with Gasteiger partial charge in [-0.05, 0) is 49.1 Å². The summed E-state index contributed by atoms with van der Waals surface area (Å²) in [5.41, 5.74) is 1.43. The molecule has 2 heterocycles. The van der Waals surface area contributed by atoms with Gasteiger partial charge in [0.05, 0.1) is 26.4 Å². The molecule has 10 nitrogen and oxygen atoms in total. The Hall–Kier alpha value is -3.83. The highest BCUT2D eigenvalue weighted by Gasteiger charge is 2.16. The van der Waals surface area contributed by atoms with Crippen molar-refractivity contribution in [2.24, 2.45) is 0 Å². The first kappa shape index (κ1) is 28.2. The van der Waals surface area contributed by atoms with Crippen LogP contribution in [-0.2, 0) is 16.0 Å². The van der Waals surface area contributed by atoms with Crippen LogP contribution in [0.1, 0.15) is 35.2 Å². The molecule has 0 spiro atoms. The predicted octanol–water partition coefficient (Wildman–Crippen LogP) is 3.49. The number of halogens is 1. The fourth-order valence-corrected chi connectivity index (χ4v) is 4.07. The van der Waals surface area contributed by atoms with Gasteiger partial charge in [-0.15, -0.1) is 0 Å². The van der Waals surface area contributed by atoms with Crippen LogP contribution in [0, 0.1) is 5.82 Å². The highest BCUT2D eigenvalue weighted by Crippen LogP contribution is 2.19. The molecule has 39 heavy (non-hydrogen) atoms. The zero-order valence-corrected chi connectivity index (χ0v) is 22.1. The van der Waals surface area contributed by atoms with Crippen LogP contribution in [0.15, 0.2) is 54.6 Å². The van der Waals surface area contributed by atoms with Gasteiger partial charge in [0.25, 0.3) is 5.91 Å². The summed E-state index contributed by atoms with van der Waals surface area (Å²) in [6.45, 7) is 4.90. The molecule has 208 valence electrons. The van der Waals surface area contributed by atoms with Gasteiger partial charge in [-0.3, -0.25) is 4.79 Å². The van der Waals surface area contributed by atoms with E-state index in [0.717, 1.165) is 31.5 Å². The maximum Gasteiger partial charge on any atom is 0.251 e. The van der Waals surface area contributed by atoms with E-state index in [0.29, 0.717) is 69.5 Å². The summed E-state index contributed by atoms with van der Waals surface area (Å²) < 4.78 is 24.7. The van der Waals surface area contributed by atoms with Gasteiger partial charge in [0, 0.05) is 38.3 Å². The number of ether oxygens (including phenoxy) is 2. The smallest absolute Gasteiger partial charge is 0.251 e. The van der Waals surface area contributed by atoms with Gasteiger partial charge in [0.15, 0.2) is 0 Å². The molecule has 2 aromatic carbocycles. The molecule has 3 N–H and O–H groups in total. The zero-order chi connectivity index (χ0) is 27.1. The Morgan fingerprint density at radius 2 is 1.54 bits per heavy atom. The predicted molar refractivity (Wildman–Crippen MR) is 149 cm³/mol. The van der Waals surface area contributed by atoms with Crippen molar-refractivity contribution < 1.29 is 18.7 Å². The lowest BCUT2D eigenvalue weighted by molar-refractivity contribution is 0.0519. The summed E-state index contributed by atoms with van der Waals surface area (Å²) >= 11 is 0. The summed E-state index contributed by atoms with van der Waals surface area (Å²) in [7, 11) is 0. The molecule has 0 unspecified atom stereocenters. The van der Waals surface area contributed by atoms with Gasteiger partial charge >= 0.3 is 0 Å². The van der Waals surface area contributed by atoms with Crippen molar-refractivity contribution >= 4 is 23.8 Å². The number of benzene rings is 2. The molecule has 1 amide bonds. The van der Waals surface area contributed by atoms with Crippen LogP contribution < -0.4 is 20.9 Å². The second-order valence-corrected chi connectivity index (χ2v) is 9.09. The molecule has 0 saturated carbocycles. The average molecular weight is 538 g/mol. The van der Waals surface area contributed by atoms with Crippen LogP contribution in [0.5, 0.6) is 0 Å². The Labute approximate surface area is 228 Å². The molecule has 0 aliphatic carbocycles. The molecular formula is C28H36FN7O3. The van der Waals surface area contributed by atoms with Crippen LogP contribution in [0.3, 0.4) is 0 Å². The van der Waals surface area contributed by atoms with Crippen molar-refractivity contribution in [2.45, 2.75) is 25.8 Å². The Balaban J connectivity index is 1.16. The lowest BCUT2D eigenvalue weighted by Crippen LogP contribution is -2.31. The van der Waals surface area contributed by atoms with Crippen molar-refractivity contribution in [3.8, 4) is 0 Å². The number of rotatable bonds is 15. The number of carbonyl (C=O) groups is 1. The lowest BCUT2D eigenvalue weighted by atomic mass is 10.1. The van der Waals surface area contributed by atoms with Gasteiger partial charge < -0.3 is 30.3 Å². The molecule has 1 aliphatic heterocycles. The summed E-state index contributed by atoms with van der Waals surface area (Å²) in [6, 6.07) is 15.5. The number of nitrogens with zero attached hydrogens (tertiary/aromatic N) is 4. The number of hydrogen-bond donors (Lipinski definition) is 3. The molecule has 1 aliphatic rings. The number of hydrogen-bond acceptors (Lipinski definition) is 9. The minimum Gasteiger partial charge on any atom is -0.377 e. The maximum atomic E-state index is 13.5. The third-order valence-electron chi connectivity index (χ3n) is 6.07. The second kappa shape index (κ2) is 15.6.